The van der Waals surface area contributed by atoms with Gasteiger partial charge in [-0.1, -0.05) is 63.6 Å². The number of carbonyl (C=O) groups excluding carboxylic acids is 3. The van der Waals surface area contributed by atoms with Crippen LogP contribution in [0.15, 0.2) is 37.0 Å². The number of ether oxygens (including phenoxy) is 1. The number of unbranched alkanes of at least 4 members (excludes halogenated alkanes) is 4. The molecule has 1 fully saturated rings. The van der Waals surface area contributed by atoms with Crippen LogP contribution in [0.1, 0.15) is 71.9 Å². The van der Waals surface area contributed by atoms with E-state index in [0.717, 1.165) is 48.2 Å². The van der Waals surface area contributed by atoms with Gasteiger partial charge in [-0.25, -0.2) is 28.6 Å². The second kappa shape index (κ2) is 24.2. The van der Waals surface area contributed by atoms with Gasteiger partial charge in [0.05, 0.1) is 19.5 Å². The molecular weight excluding hydrogens is 891 g/mol. The second-order valence-electron chi connectivity index (χ2n) is 14.2. The highest BCUT2D eigenvalue weighted by Crippen LogP contribution is 2.61. The van der Waals surface area contributed by atoms with Crippen molar-refractivity contribution >= 4 is 69.1 Å². The molecule has 3 heterocycles. The maximum absolute atomic E-state index is 12.7. The number of anilines is 1. The fourth-order valence-electron chi connectivity index (χ4n) is 5.45. The van der Waals surface area contributed by atoms with E-state index in [1.54, 1.807) is 6.08 Å². The molecule has 10 N–H and O–H groups in total. The van der Waals surface area contributed by atoms with E-state index in [-0.39, 0.29) is 41.6 Å². The summed E-state index contributed by atoms with van der Waals surface area (Å²) in [5.41, 5.74) is 4.27. The smallest absolute Gasteiger partial charge is 0.386 e. The number of nitrogen functional groups attached to an aromatic ring is 1. The number of nitrogens with two attached hydrogens (primary N) is 1. The Morgan fingerprint density at radius 2 is 1.69 bits per heavy atom. The first kappa shape index (κ1) is 52.4. The van der Waals surface area contributed by atoms with Crippen molar-refractivity contribution < 1.29 is 80.5 Å². The molecule has 2 aromatic heterocycles. The SMILES string of the molecule is CCCCC/C=C/CC/C=C/C(=O)SCCNC(=O)CCNC(=O)C(O)C(C)(C)COP(=O)(O)OP(=O)(O)OCC1OC(n2cnc3c(N)ncnc32)C(O)C1OP(=O)(O)O. The number of nitrogens with zero attached hydrogens (tertiary/aromatic N) is 4. The van der Waals surface area contributed by atoms with Gasteiger partial charge >= 0.3 is 23.5 Å². The molecule has 344 valence electrons. The number of nitrogens with one attached hydrogen (secondary N) is 2. The first-order valence-corrected chi connectivity index (χ1v) is 24.4. The monoisotopic (exact) mass is 945 g/mol. The number of aliphatic hydroxyl groups excluding tert-OH is 2. The summed E-state index contributed by atoms with van der Waals surface area (Å²) < 4.78 is 62.2. The Bertz CT molecular complexity index is 1980. The molecule has 0 radical (unpaired) electrons. The number of amides is 2. The van der Waals surface area contributed by atoms with Crippen molar-refractivity contribution in [3.05, 3.63) is 37.0 Å². The number of aliphatic hydroxyl groups is 2. The number of thioether (sulfide) groups is 1. The van der Waals surface area contributed by atoms with E-state index in [0.29, 0.717) is 5.75 Å². The maximum atomic E-state index is 12.7. The van der Waals surface area contributed by atoms with Crippen LogP contribution in [0.5, 0.6) is 0 Å². The minimum atomic E-state index is -5.57. The lowest BCUT2D eigenvalue weighted by Gasteiger charge is -2.30. The fourth-order valence-corrected chi connectivity index (χ4v) is 8.88. The molecule has 1 aliphatic heterocycles. The van der Waals surface area contributed by atoms with Gasteiger partial charge < -0.3 is 50.9 Å². The minimum Gasteiger partial charge on any atom is -0.386 e. The fraction of sp³-hybridized carbons (Fsp3) is 0.636. The van der Waals surface area contributed by atoms with E-state index in [9.17, 15) is 57.9 Å². The molecule has 1 aliphatic rings. The Balaban J connectivity index is 1.41. The normalized spacial score (nSPS) is 21.1. The van der Waals surface area contributed by atoms with E-state index in [2.05, 4.69) is 53.5 Å². The van der Waals surface area contributed by atoms with Gasteiger partial charge in [-0.05, 0) is 31.8 Å². The molecule has 28 heteroatoms. The number of aromatic nitrogens is 4. The molecule has 1 saturated heterocycles. The van der Waals surface area contributed by atoms with Gasteiger partial charge in [0, 0.05) is 30.7 Å². The van der Waals surface area contributed by atoms with E-state index >= 15 is 0 Å². The molecule has 2 aromatic rings. The van der Waals surface area contributed by atoms with Crippen molar-refractivity contribution in [2.45, 2.75) is 96.4 Å². The Labute approximate surface area is 355 Å². The van der Waals surface area contributed by atoms with Gasteiger partial charge in [0.25, 0.3) is 0 Å². The Morgan fingerprint density at radius 1 is 1.00 bits per heavy atom. The molecule has 24 nitrogen and oxygen atoms in total. The molecule has 0 bridgehead atoms. The molecule has 0 aromatic carbocycles. The summed E-state index contributed by atoms with van der Waals surface area (Å²) >= 11 is 1.04. The summed E-state index contributed by atoms with van der Waals surface area (Å²) in [6.07, 6.45) is 6.84. The van der Waals surface area contributed by atoms with Crippen LogP contribution in [0.25, 0.3) is 11.2 Å². The van der Waals surface area contributed by atoms with Crippen molar-refractivity contribution in [2.75, 3.05) is 37.8 Å². The summed E-state index contributed by atoms with van der Waals surface area (Å²) in [7, 11) is -16.4. The van der Waals surface area contributed by atoms with Crippen molar-refractivity contribution in [1.82, 2.24) is 30.2 Å². The predicted octanol–water partition coefficient (Wildman–Crippen LogP) is 2.14. The van der Waals surface area contributed by atoms with E-state index < -0.39 is 84.6 Å². The predicted molar refractivity (Wildman–Crippen MR) is 219 cm³/mol. The summed E-state index contributed by atoms with van der Waals surface area (Å²) in [6, 6.07) is 0. The summed E-state index contributed by atoms with van der Waals surface area (Å²) in [4.78, 5) is 87.8. The van der Waals surface area contributed by atoms with Gasteiger partial charge in [0.2, 0.25) is 16.9 Å². The highest BCUT2D eigenvalue weighted by molar-refractivity contribution is 8.14. The highest BCUT2D eigenvalue weighted by Gasteiger charge is 2.50. The number of phosphoric ester groups is 3. The van der Waals surface area contributed by atoms with Crippen LogP contribution in [-0.4, -0.2) is 123 Å². The average molecular weight is 946 g/mol. The first-order chi connectivity index (χ1) is 28.6. The highest BCUT2D eigenvalue weighted by atomic mass is 32.2. The molecule has 0 spiro atoms. The lowest BCUT2D eigenvalue weighted by atomic mass is 9.87. The van der Waals surface area contributed by atoms with Gasteiger partial charge in [-0.2, -0.15) is 4.31 Å². The molecule has 7 unspecified atom stereocenters. The van der Waals surface area contributed by atoms with Crippen molar-refractivity contribution in [3.8, 4) is 0 Å². The lowest BCUT2D eigenvalue weighted by molar-refractivity contribution is -0.137. The van der Waals surface area contributed by atoms with Crippen molar-refractivity contribution in [3.63, 3.8) is 0 Å². The third-order valence-corrected chi connectivity index (χ3v) is 12.6. The summed E-state index contributed by atoms with van der Waals surface area (Å²) in [6.45, 7) is 2.64. The molecule has 3 rings (SSSR count). The summed E-state index contributed by atoms with van der Waals surface area (Å²) in [5.74, 6) is -1.13. The Morgan fingerprint density at radius 3 is 2.39 bits per heavy atom. The van der Waals surface area contributed by atoms with Crippen LogP contribution in [0.2, 0.25) is 0 Å². The quantitative estimate of drug-likeness (QED) is 0.0268. The number of hydrogen-bond acceptors (Lipinski definition) is 18. The molecule has 0 aliphatic carbocycles. The van der Waals surface area contributed by atoms with Crippen molar-refractivity contribution in [1.29, 1.82) is 0 Å². The standard InChI is InChI=1S/C33H54N7O17P3S/c1-4-5-6-7-8-9-10-11-12-13-24(42)61-17-16-35-23(41)14-15-36-31(45)28(44)33(2,3)19-54-60(51,52)57-59(49,50)53-18-22-27(56-58(46,47)48)26(43)32(55-22)40-21-39-25-29(34)37-20-38-30(25)40/h8-9,12-13,20-22,26-28,32,43-44H,4-7,10-11,14-19H2,1-3H3,(H,35,41)(H,36,45)(H,49,50)(H,51,52)(H2,34,37,38)(H2,46,47,48)/b9-8+,13-12+. The van der Waals surface area contributed by atoms with E-state index in [1.807, 2.05) is 0 Å². The van der Waals surface area contributed by atoms with Crippen LogP contribution < -0.4 is 16.4 Å². The molecule has 2 amide bonds. The van der Waals surface area contributed by atoms with Crippen LogP contribution in [0.3, 0.4) is 0 Å². The number of imidazole rings is 1. The van der Waals surface area contributed by atoms with Gasteiger partial charge in [0.1, 0.15) is 36.3 Å². The van der Waals surface area contributed by atoms with Gasteiger partial charge in [-0.3, -0.25) is 32.5 Å². The van der Waals surface area contributed by atoms with Gasteiger partial charge in [-0.15, -0.1) is 0 Å². The minimum absolute atomic E-state index is 0.0305. The van der Waals surface area contributed by atoms with Crippen LogP contribution in [-0.2, 0) is 50.7 Å². The van der Waals surface area contributed by atoms with Crippen LogP contribution >= 0.6 is 35.2 Å². The zero-order valence-corrected chi connectivity index (χ0v) is 37.1. The number of phosphoric acid groups is 3. The third-order valence-electron chi connectivity index (χ3n) is 8.64. The number of fused-ring (bicyclic) bond motifs is 1. The third kappa shape index (κ3) is 18.0. The van der Waals surface area contributed by atoms with Gasteiger partial charge in [0.15, 0.2) is 17.7 Å². The van der Waals surface area contributed by atoms with E-state index in [4.69, 9.17) is 19.5 Å². The molecule has 0 saturated carbocycles. The zero-order chi connectivity index (χ0) is 45.4. The largest absolute Gasteiger partial charge is 0.481 e. The Kier molecular flexibility index (Phi) is 20.8. The number of rotatable bonds is 27. The average Bonchev–Trinajstić information content (AvgIpc) is 3.73. The second-order valence-corrected chi connectivity index (χ2v) is 19.5. The maximum Gasteiger partial charge on any atom is 0.481 e. The molecule has 7 atom stereocenters. The van der Waals surface area contributed by atoms with Crippen molar-refractivity contribution in [2.24, 2.45) is 5.41 Å². The zero-order valence-electron chi connectivity index (χ0n) is 33.6. The van der Waals surface area contributed by atoms with Crippen LogP contribution in [0, 0.1) is 5.41 Å². The summed E-state index contributed by atoms with van der Waals surface area (Å²) in [5, 5.41) is 26.3. The first-order valence-electron chi connectivity index (χ1n) is 18.9. The Hall–Kier alpha value is -2.96. The lowest BCUT2D eigenvalue weighted by Crippen LogP contribution is -2.46. The number of carbonyl (C=O) groups is 3. The molecule has 61 heavy (non-hydrogen) atoms. The van der Waals surface area contributed by atoms with Crippen LogP contribution in [0.4, 0.5) is 5.82 Å². The van der Waals surface area contributed by atoms with E-state index in [1.165, 1.54) is 39.2 Å². The topological polar surface area (TPSA) is 364 Å². The number of hydrogen-bond donors (Lipinski definition) is 9. The molecular formula is C33H54N7O17P3S. The number of allylic oxidation sites excluding steroid dienone is 3.